The molecule has 3 rings (SSSR count). The van der Waals surface area contributed by atoms with Crippen molar-refractivity contribution in [2.45, 2.75) is 52.0 Å². The average molecular weight is 450 g/mol. The monoisotopic (exact) mass is 449 g/mol. The lowest BCUT2D eigenvalue weighted by atomic mass is 9.99. The molecule has 1 aromatic heterocycles. The molecule has 1 aromatic carbocycles. The molecule has 0 atom stereocenters. The van der Waals surface area contributed by atoms with Crippen LogP contribution in [0.4, 0.5) is 16.2 Å². The first kappa shape index (κ1) is 23.1. The van der Waals surface area contributed by atoms with Crippen molar-refractivity contribution in [3.05, 3.63) is 41.7 Å². The number of benzene rings is 1. The molecular weight excluding hydrogens is 418 g/mol. The van der Waals surface area contributed by atoms with Gasteiger partial charge in [-0.15, -0.1) is 0 Å². The lowest BCUT2D eigenvalue weighted by Crippen LogP contribution is -2.51. The number of hydrogen-bond acceptors (Lipinski definition) is 5. The van der Waals surface area contributed by atoms with Gasteiger partial charge in [-0.1, -0.05) is 26.8 Å². The van der Waals surface area contributed by atoms with Crippen LogP contribution in [0, 0.1) is 0 Å². The van der Waals surface area contributed by atoms with E-state index in [-0.39, 0.29) is 12.0 Å². The summed E-state index contributed by atoms with van der Waals surface area (Å²) in [5, 5.41) is 6.77. The fourth-order valence-electron chi connectivity index (χ4n) is 3.64. The first-order valence-corrected chi connectivity index (χ1v) is 12.0. The van der Waals surface area contributed by atoms with Crippen molar-refractivity contribution in [3.63, 3.8) is 0 Å². The zero-order chi connectivity index (χ0) is 22.6. The Bertz CT molecular complexity index is 1010. The van der Waals surface area contributed by atoms with Gasteiger partial charge in [-0.3, -0.25) is 4.68 Å². The standard InChI is InChI=1S/C21H31N5O4S/c1-5-16-10-17(15(2)3)12-18(11-16)23-21(27)24-31(28,29)26(19-6-8-30-9-7-19)20-13-22-25(4)14-20/h10-15,19H,5-9H2,1-4H3,(H2,23,24,27). The molecule has 31 heavy (non-hydrogen) atoms. The summed E-state index contributed by atoms with van der Waals surface area (Å²) in [7, 11) is -2.45. The van der Waals surface area contributed by atoms with E-state index >= 15 is 0 Å². The van der Waals surface area contributed by atoms with Crippen molar-refractivity contribution >= 4 is 27.6 Å². The van der Waals surface area contributed by atoms with Gasteiger partial charge < -0.3 is 10.1 Å². The highest BCUT2D eigenvalue weighted by atomic mass is 32.2. The molecule has 1 aliphatic heterocycles. The van der Waals surface area contributed by atoms with Crippen LogP contribution in [0.15, 0.2) is 30.6 Å². The Hall–Kier alpha value is -2.59. The summed E-state index contributed by atoms with van der Waals surface area (Å²) < 4.78 is 36.7. The Morgan fingerprint density at radius 3 is 2.58 bits per heavy atom. The van der Waals surface area contributed by atoms with E-state index in [1.54, 1.807) is 13.2 Å². The van der Waals surface area contributed by atoms with Gasteiger partial charge >= 0.3 is 16.2 Å². The third-order valence-electron chi connectivity index (χ3n) is 5.30. The number of anilines is 2. The van der Waals surface area contributed by atoms with Crippen molar-refractivity contribution in [1.82, 2.24) is 14.5 Å². The highest BCUT2D eigenvalue weighted by Crippen LogP contribution is 2.26. The van der Waals surface area contributed by atoms with Crippen molar-refractivity contribution < 1.29 is 17.9 Å². The van der Waals surface area contributed by atoms with E-state index in [4.69, 9.17) is 4.74 Å². The van der Waals surface area contributed by atoms with Crippen LogP contribution in [0.1, 0.15) is 50.7 Å². The van der Waals surface area contributed by atoms with E-state index in [1.165, 1.54) is 15.2 Å². The number of nitrogens with one attached hydrogen (secondary N) is 2. The second-order valence-electron chi connectivity index (χ2n) is 8.04. The third-order valence-corrected chi connectivity index (χ3v) is 6.77. The van der Waals surface area contributed by atoms with Gasteiger partial charge in [-0.05, 0) is 48.4 Å². The van der Waals surface area contributed by atoms with Gasteiger partial charge in [0.25, 0.3) is 0 Å². The second-order valence-corrected chi connectivity index (χ2v) is 9.59. The number of rotatable bonds is 7. The number of carbonyl (C=O) groups excluding carboxylic acids is 1. The van der Waals surface area contributed by atoms with Crippen LogP contribution in [0.3, 0.4) is 0 Å². The number of amides is 2. The Morgan fingerprint density at radius 2 is 2.00 bits per heavy atom. The number of carbonyl (C=O) groups is 1. The minimum Gasteiger partial charge on any atom is -0.381 e. The average Bonchev–Trinajstić information content (AvgIpc) is 3.13. The molecule has 2 N–H and O–H groups in total. The molecule has 1 aliphatic rings. The molecule has 0 spiro atoms. The number of aromatic nitrogens is 2. The molecule has 10 heteroatoms. The minimum atomic E-state index is -4.16. The molecule has 0 bridgehead atoms. The summed E-state index contributed by atoms with van der Waals surface area (Å²) in [6.07, 6.45) is 4.98. The highest BCUT2D eigenvalue weighted by molar-refractivity contribution is 7.91. The molecule has 0 saturated carbocycles. The van der Waals surface area contributed by atoms with Crippen molar-refractivity contribution in [2.75, 3.05) is 22.8 Å². The number of urea groups is 1. The maximum absolute atomic E-state index is 13.2. The molecule has 2 aromatic rings. The predicted octanol–water partition coefficient (Wildman–Crippen LogP) is 3.16. The summed E-state index contributed by atoms with van der Waals surface area (Å²) in [6.45, 7) is 7.11. The lowest BCUT2D eigenvalue weighted by molar-refractivity contribution is 0.0875. The smallest absolute Gasteiger partial charge is 0.334 e. The van der Waals surface area contributed by atoms with Crippen LogP contribution in [0.25, 0.3) is 0 Å². The van der Waals surface area contributed by atoms with E-state index in [0.717, 1.165) is 17.5 Å². The second kappa shape index (κ2) is 9.69. The van der Waals surface area contributed by atoms with Gasteiger partial charge in [0.05, 0.1) is 17.9 Å². The Kier molecular flexibility index (Phi) is 7.22. The first-order chi connectivity index (χ1) is 14.7. The van der Waals surface area contributed by atoms with E-state index < -0.39 is 16.2 Å². The largest absolute Gasteiger partial charge is 0.381 e. The molecule has 0 aliphatic carbocycles. The van der Waals surface area contributed by atoms with Crippen LogP contribution in [-0.4, -0.2) is 43.5 Å². The highest BCUT2D eigenvalue weighted by Gasteiger charge is 2.33. The maximum Gasteiger partial charge on any atom is 0.334 e. The fraction of sp³-hybridized carbons (Fsp3) is 0.524. The number of ether oxygens (including phenoxy) is 1. The van der Waals surface area contributed by atoms with E-state index in [9.17, 15) is 13.2 Å². The first-order valence-electron chi connectivity index (χ1n) is 10.5. The SMILES string of the molecule is CCc1cc(NC(=O)NS(=O)(=O)N(c2cnn(C)c2)C2CCOCC2)cc(C(C)C)c1. The van der Waals surface area contributed by atoms with Crippen molar-refractivity contribution in [1.29, 1.82) is 0 Å². The van der Waals surface area contributed by atoms with Gasteiger partial charge in [-0.2, -0.15) is 13.5 Å². The predicted molar refractivity (Wildman–Crippen MR) is 121 cm³/mol. The molecule has 170 valence electrons. The zero-order valence-corrected chi connectivity index (χ0v) is 19.3. The Labute approximate surface area is 183 Å². The van der Waals surface area contributed by atoms with Crippen LogP contribution in [0.5, 0.6) is 0 Å². The quantitative estimate of drug-likeness (QED) is 0.675. The topological polar surface area (TPSA) is 106 Å². The third kappa shape index (κ3) is 5.76. The lowest BCUT2D eigenvalue weighted by Gasteiger charge is -2.33. The Balaban J connectivity index is 1.81. The van der Waals surface area contributed by atoms with E-state index in [0.29, 0.717) is 37.4 Å². The normalized spacial score (nSPS) is 15.1. The number of nitrogens with zero attached hydrogens (tertiary/aromatic N) is 3. The molecule has 2 amide bonds. The van der Waals surface area contributed by atoms with E-state index in [1.807, 2.05) is 19.1 Å². The van der Waals surface area contributed by atoms with Crippen LogP contribution in [-0.2, 0) is 28.4 Å². The number of hydrogen-bond donors (Lipinski definition) is 2. The molecule has 0 unspecified atom stereocenters. The van der Waals surface area contributed by atoms with Gasteiger partial charge in [0.2, 0.25) is 0 Å². The van der Waals surface area contributed by atoms with Crippen molar-refractivity contribution in [3.8, 4) is 0 Å². The van der Waals surface area contributed by atoms with Crippen LogP contribution >= 0.6 is 0 Å². The fourth-order valence-corrected chi connectivity index (χ4v) is 5.00. The van der Waals surface area contributed by atoms with Crippen LogP contribution < -0.4 is 14.3 Å². The summed E-state index contributed by atoms with van der Waals surface area (Å²) in [6, 6.07) is 4.70. The molecule has 1 fully saturated rings. The minimum absolute atomic E-state index is 0.286. The number of aryl methyl sites for hydroxylation is 2. The Morgan fingerprint density at radius 1 is 1.29 bits per heavy atom. The molecule has 0 radical (unpaired) electrons. The molecule has 1 saturated heterocycles. The maximum atomic E-state index is 13.2. The van der Waals surface area contributed by atoms with Gasteiger partial charge in [0, 0.05) is 32.1 Å². The summed E-state index contributed by atoms with van der Waals surface area (Å²) in [5.74, 6) is 0.286. The summed E-state index contributed by atoms with van der Waals surface area (Å²) in [4.78, 5) is 12.7. The summed E-state index contributed by atoms with van der Waals surface area (Å²) in [5.41, 5.74) is 3.12. The molecule has 2 heterocycles. The molecular formula is C21H31N5O4S. The van der Waals surface area contributed by atoms with Crippen LogP contribution in [0.2, 0.25) is 0 Å². The van der Waals surface area contributed by atoms with Crippen molar-refractivity contribution in [2.24, 2.45) is 7.05 Å². The zero-order valence-electron chi connectivity index (χ0n) is 18.5. The van der Waals surface area contributed by atoms with Gasteiger partial charge in [-0.25, -0.2) is 13.8 Å². The van der Waals surface area contributed by atoms with Gasteiger partial charge in [0.1, 0.15) is 0 Å². The summed E-state index contributed by atoms with van der Waals surface area (Å²) >= 11 is 0. The molecule has 9 nitrogen and oxygen atoms in total. The van der Waals surface area contributed by atoms with Gasteiger partial charge in [0.15, 0.2) is 0 Å². The van der Waals surface area contributed by atoms with E-state index in [2.05, 4.69) is 35.1 Å².